The van der Waals surface area contributed by atoms with Crippen molar-refractivity contribution in [1.29, 1.82) is 0 Å². The van der Waals surface area contributed by atoms with Crippen molar-refractivity contribution < 1.29 is 44.7 Å². The van der Waals surface area contributed by atoms with Gasteiger partial charge in [-0.2, -0.15) is 26.3 Å². The first kappa shape index (κ1) is 24.0. The molecule has 0 saturated carbocycles. The molecule has 2 rings (SSSR count). The van der Waals surface area contributed by atoms with Crippen LogP contribution in [0.3, 0.4) is 0 Å². The summed E-state index contributed by atoms with van der Waals surface area (Å²) in [5, 5.41) is 8.98. The molecule has 0 aliphatic rings. The van der Waals surface area contributed by atoms with Gasteiger partial charge >= 0.3 is 18.3 Å². The lowest BCUT2D eigenvalue weighted by molar-refractivity contribution is -0.143. The van der Waals surface area contributed by atoms with Gasteiger partial charge in [0.2, 0.25) is 10.0 Å². The van der Waals surface area contributed by atoms with E-state index in [9.17, 15) is 39.6 Å². The van der Waals surface area contributed by atoms with Crippen LogP contribution in [-0.2, 0) is 27.2 Å². The largest absolute Gasteiger partial charge is 0.481 e. The Morgan fingerprint density at radius 2 is 1.50 bits per heavy atom. The summed E-state index contributed by atoms with van der Waals surface area (Å²) in [6, 6.07) is 3.73. The maximum atomic E-state index is 13.0. The molecule has 30 heavy (non-hydrogen) atoms. The maximum Gasteiger partial charge on any atom is 0.416 e. The number of alkyl halides is 6. The number of aliphatic carboxylic acids is 1. The number of hydrogen-bond acceptors (Lipinski definition) is 3. The number of hydrogen-bond donors (Lipinski definition) is 2. The zero-order valence-corrected chi connectivity index (χ0v) is 16.1. The number of sulfonamides is 1. The summed E-state index contributed by atoms with van der Waals surface area (Å²) in [6.07, 6.45) is -11.4. The minimum atomic E-state index is -5.26. The van der Waals surface area contributed by atoms with Crippen molar-refractivity contribution in [3.63, 3.8) is 0 Å². The third-order valence-corrected chi connectivity index (χ3v) is 5.62. The molecule has 2 aromatic carbocycles. The Morgan fingerprint density at radius 3 is 1.93 bits per heavy atom. The van der Waals surface area contributed by atoms with Crippen LogP contribution in [0.1, 0.15) is 29.2 Å². The van der Waals surface area contributed by atoms with E-state index in [0.29, 0.717) is 0 Å². The van der Waals surface area contributed by atoms with Gasteiger partial charge in [-0.3, -0.25) is 4.79 Å². The van der Waals surface area contributed by atoms with Crippen LogP contribution in [0.15, 0.2) is 47.4 Å². The molecule has 164 valence electrons. The van der Waals surface area contributed by atoms with E-state index in [-0.39, 0.29) is 28.8 Å². The van der Waals surface area contributed by atoms with Crippen LogP contribution in [0.5, 0.6) is 0 Å². The van der Waals surface area contributed by atoms with Gasteiger partial charge in [0.15, 0.2) is 0 Å². The van der Waals surface area contributed by atoms with Crippen molar-refractivity contribution in [3.05, 3.63) is 64.2 Å². The molecule has 0 aliphatic carbocycles. The summed E-state index contributed by atoms with van der Waals surface area (Å²) in [7, 11) is -5.01. The van der Waals surface area contributed by atoms with E-state index in [0.717, 1.165) is 0 Å². The molecule has 13 heteroatoms. The molecule has 0 radical (unpaired) electrons. The Morgan fingerprint density at radius 1 is 1.00 bits per heavy atom. The highest BCUT2D eigenvalue weighted by Crippen LogP contribution is 2.37. The first-order valence-corrected chi connectivity index (χ1v) is 9.75. The van der Waals surface area contributed by atoms with Crippen LogP contribution in [0, 0.1) is 0 Å². The number of nitrogens with one attached hydrogen (secondary N) is 1. The standard InChI is InChI=1S/C17H12ClF6NO4S/c18-13-4-2-1-3-12(13)14(8-15(26)27)25-30(28,29)11-6-9(16(19,20)21)5-10(7-11)17(22,23)24/h1-7,14,25H,8H2,(H,26,27)/t14-/m1/s1. The van der Waals surface area contributed by atoms with E-state index in [1.165, 1.54) is 24.3 Å². The van der Waals surface area contributed by atoms with E-state index >= 15 is 0 Å². The molecule has 0 bridgehead atoms. The minimum absolute atomic E-state index is 0.0202. The summed E-state index contributed by atoms with van der Waals surface area (Å²) in [5.74, 6) is -1.48. The van der Waals surface area contributed by atoms with Gasteiger partial charge in [0.25, 0.3) is 0 Å². The molecule has 0 aliphatic heterocycles. The van der Waals surface area contributed by atoms with Crippen LogP contribution in [0.25, 0.3) is 0 Å². The van der Waals surface area contributed by atoms with Gasteiger partial charge in [-0.15, -0.1) is 0 Å². The normalized spacial score (nSPS) is 13.8. The monoisotopic (exact) mass is 475 g/mol. The van der Waals surface area contributed by atoms with Crippen LogP contribution in [-0.4, -0.2) is 19.5 Å². The molecule has 0 heterocycles. The predicted octanol–water partition coefficient (Wildman–Crippen LogP) is 4.87. The lowest BCUT2D eigenvalue weighted by Gasteiger charge is -2.20. The third kappa shape index (κ3) is 5.86. The fraction of sp³-hybridized carbons (Fsp3) is 0.235. The second-order valence-corrected chi connectivity index (χ2v) is 8.16. The molecular formula is C17H12ClF6NO4S. The van der Waals surface area contributed by atoms with E-state index in [1.54, 1.807) is 0 Å². The highest BCUT2D eigenvalue weighted by atomic mass is 35.5. The van der Waals surface area contributed by atoms with Gasteiger partial charge in [-0.1, -0.05) is 29.8 Å². The van der Waals surface area contributed by atoms with Gasteiger partial charge in [-0.25, -0.2) is 13.1 Å². The van der Waals surface area contributed by atoms with Crippen molar-refractivity contribution in [2.24, 2.45) is 0 Å². The Labute approximate surface area is 171 Å². The Hall–Kier alpha value is -2.31. The lowest BCUT2D eigenvalue weighted by atomic mass is 10.1. The fourth-order valence-electron chi connectivity index (χ4n) is 2.48. The Kier molecular flexibility index (Phi) is 6.74. The highest BCUT2D eigenvalue weighted by molar-refractivity contribution is 7.89. The number of carbonyl (C=O) groups is 1. The van der Waals surface area contributed by atoms with E-state index < -0.39 is 56.8 Å². The molecular weight excluding hydrogens is 464 g/mol. The van der Waals surface area contributed by atoms with Crippen molar-refractivity contribution >= 4 is 27.6 Å². The number of carboxylic acid groups (broad SMARTS) is 1. The smallest absolute Gasteiger partial charge is 0.416 e. The second-order valence-electron chi connectivity index (χ2n) is 6.03. The van der Waals surface area contributed by atoms with Gasteiger partial charge in [-0.05, 0) is 29.8 Å². The van der Waals surface area contributed by atoms with E-state index in [2.05, 4.69) is 0 Å². The molecule has 0 spiro atoms. The number of carboxylic acids is 1. The van der Waals surface area contributed by atoms with Crippen LogP contribution in [0.4, 0.5) is 26.3 Å². The highest BCUT2D eigenvalue weighted by Gasteiger charge is 2.38. The molecule has 0 fully saturated rings. The van der Waals surface area contributed by atoms with Gasteiger partial charge in [0, 0.05) is 5.02 Å². The Balaban J connectivity index is 2.58. The summed E-state index contributed by atoms with van der Waals surface area (Å²) in [5.41, 5.74) is -3.68. The maximum absolute atomic E-state index is 13.0. The minimum Gasteiger partial charge on any atom is -0.481 e. The summed E-state index contributed by atoms with van der Waals surface area (Å²) < 4.78 is 105. The quantitative estimate of drug-likeness (QED) is 0.584. The summed E-state index contributed by atoms with van der Waals surface area (Å²) in [4.78, 5) is 9.79. The topological polar surface area (TPSA) is 83.5 Å². The molecule has 0 unspecified atom stereocenters. The zero-order chi connectivity index (χ0) is 22.9. The SMILES string of the molecule is O=C(O)C[C@@H](NS(=O)(=O)c1cc(C(F)(F)F)cc(C(F)(F)F)c1)c1ccccc1Cl. The predicted molar refractivity (Wildman–Crippen MR) is 93.2 cm³/mol. The van der Waals surface area contributed by atoms with Gasteiger partial charge < -0.3 is 5.11 Å². The summed E-state index contributed by atoms with van der Waals surface area (Å²) >= 11 is 5.92. The molecule has 0 saturated heterocycles. The van der Waals surface area contributed by atoms with Crippen LogP contribution in [0.2, 0.25) is 5.02 Å². The van der Waals surface area contributed by atoms with Crippen molar-refractivity contribution in [2.45, 2.75) is 29.7 Å². The zero-order valence-electron chi connectivity index (χ0n) is 14.6. The number of halogens is 7. The van der Waals surface area contributed by atoms with Gasteiger partial charge in [0.1, 0.15) is 0 Å². The molecule has 0 aromatic heterocycles. The van der Waals surface area contributed by atoms with E-state index in [4.69, 9.17) is 16.7 Å². The van der Waals surface area contributed by atoms with Crippen LogP contribution >= 0.6 is 11.6 Å². The average molecular weight is 476 g/mol. The average Bonchev–Trinajstić information content (AvgIpc) is 2.59. The van der Waals surface area contributed by atoms with Crippen molar-refractivity contribution in [1.82, 2.24) is 4.72 Å². The number of rotatable bonds is 6. The molecule has 5 nitrogen and oxygen atoms in total. The first-order valence-electron chi connectivity index (χ1n) is 7.89. The fourth-order valence-corrected chi connectivity index (χ4v) is 4.04. The van der Waals surface area contributed by atoms with Crippen LogP contribution < -0.4 is 4.72 Å². The third-order valence-electron chi connectivity index (χ3n) is 3.83. The van der Waals surface area contributed by atoms with E-state index in [1.807, 2.05) is 4.72 Å². The first-order chi connectivity index (χ1) is 13.6. The van der Waals surface area contributed by atoms with Gasteiger partial charge in [0.05, 0.1) is 28.5 Å². The molecule has 2 aromatic rings. The molecule has 0 amide bonds. The second kappa shape index (κ2) is 8.44. The molecule has 2 N–H and O–H groups in total. The molecule has 1 atom stereocenters. The Bertz CT molecular complexity index is 1020. The van der Waals surface area contributed by atoms with Crippen molar-refractivity contribution in [2.75, 3.05) is 0 Å². The summed E-state index contributed by atoms with van der Waals surface area (Å²) in [6.45, 7) is 0. The number of benzene rings is 2. The lowest BCUT2D eigenvalue weighted by Crippen LogP contribution is -2.31. The van der Waals surface area contributed by atoms with Crippen molar-refractivity contribution in [3.8, 4) is 0 Å².